The maximum absolute atomic E-state index is 13.5. The summed E-state index contributed by atoms with van der Waals surface area (Å²) >= 11 is 0. The van der Waals surface area contributed by atoms with E-state index in [0.717, 1.165) is 0 Å². The monoisotopic (exact) mass is 545 g/mol. The van der Waals surface area contributed by atoms with Crippen LogP contribution >= 0.6 is 0 Å². The molecular formula is C17H22F3N5O8S2. The van der Waals surface area contributed by atoms with Gasteiger partial charge in [-0.1, -0.05) is 0 Å². The lowest BCUT2D eigenvalue weighted by atomic mass is 9.96. The van der Waals surface area contributed by atoms with Gasteiger partial charge in [0.05, 0.1) is 22.8 Å². The van der Waals surface area contributed by atoms with Crippen LogP contribution in [0.4, 0.5) is 18.9 Å². The number of benzene rings is 1. The van der Waals surface area contributed by atoms with Crippen LogP contribution in [0.3, 0.4) is 0 Å². The molecule has 0 unspecified atom stereocenters. The third kappa shape index (κ3) is 6.11. The summed E-state index contributed by atoms with van der Waals surface area (Å²) in [5.41, 5.74) is -3.44. The first kappa shape index (κ1) is 26.9. The van der Waals surface area contributed by atoms with E-state index in [1.807, 2.05) is 0 Å². The van der Waals surface area contributed by atoms with E-state index in [0.29, 0.717) is 18.6 Å². The van der Waals surface area contributed by atoms with E-state index in [9.17, 15) is 44.9 Å². The SMILES string of the molecule is NS(=O)(=O)c1cc2c(cc1C(F)(F)F)NC1(CCN(C(=O)CCCCO[N+](=O)[O-])CC1)NS2(=O)=O. The molecule has 0 aliphatic carbocycles. The lowest BCUT2D eigenvalue weighted by molar-refractivity contribution is -0.757. The van der Waals surface area contributed by atoms with Gasteiger partial charge < -0.3 is 15.1 Å². The van der Waals surface area contributed by atoms with E-state index < -0.39 is 58.0 Å². The van der Waals surface area contributed by atoms with Gasteiger partial charge in [0.2, 0.25) is 26.0 Å². The summed E-state index contributed by atoms with van der Waals surface area (Å²) in [6.07, 6.45) is -4.40. The maximum Gasteiger partial charge on any atom is 0.417 e. The fourth-order valence-electron chi connectivity index (χ4n) is 3.97. The van der Waals surface area contributed by atoms with Gasteiger partial charge in [-0.3, -0.25) is 4.79 Å². The van der Waals surface area contributed by atoms with Crippen molar-refractivity contribution in [3.63, 3.8) is 0 Å². The average molecular weight is 546 g/mol. The van der Waals surface area contributed by atoms with Crippen LogP contribution in [-0.4, -0.2) is 58.1 Å². The number of piperidine rings is 1. The van der Waals surface area contributed by atoms with Gasteiger partial charge in [0.15, 0.2) is 0 Å². The van der Waals surface area contributed by atoms with Gasteiger partial charge in [0, 0.05) is 32.4 Å². The molecule has 35 heavy (non-hydrogen) atoms. The number of sulfonamides is 2. The Balaban J connectivity index is 1.77. The number of likely N-dealkylation sites (tertiary alicyclic amines) is 1. The molecule has 1 aromatic rings. The van der Waals surface area contributed by atoms with Crippen molar-refractivity contribution in [3.05, 3.63) is 27.8 Å². The summed E-state index contributed by atoms with van der Waals surface area (Å²) in [7, 11) is -9.32. The van der Waals surface area contributed by atoms with Crippen LogP contribution in [0.5, 0.6) is 0 Å². The number of nitrogens with zero attached hydrogens (tertiary/aromatic N) is 2. The fourth-order valence-corrected chi connectivity index (χ4v) is 6.36. The number of primary sulfonamides is 1. The van der Waals surface area contributed by atoms with Gasteiger partial charge in [0.25, 0.3) is 5.09 Å². The molecule has 0 bridgehead atoms. The molecule has 0 radical (unpaired) electrons. The quantitative estimate of drug-likeness (QED) is 0.252. The zero-order chi connectivity index (χ0) is 26.2. The van der Waals surface area contributed by atoms with Crippen molar-refractivity contribution >= 4 is 31.6 Å². The fraction of sp³-hybridized carbons (Fsp3) is 0.588. The van der Waals surface area contributed by atoms with Crippen LogP contribution in [0, 0.1) is 10.1 Å². The second-order valence-electron chi connectivity index (χ2n) is 8.09. The molecule has 2 heterocycles. The minimum atomic E-state index is -5.12. The number of anilines is 1. The van der Waals surface area contributed by atoms with E-state index in [2.05, 4.69) is 14.9 Å². The zero-order valence-electron chi connectivity index (χ0n) is 18.0. The molecule has 13 nitrogen and oxygen atoms in total. The Morgan fingerprint density at radius 2 is 1.89 bits per heavy atom. The molecule has 2 aliphatic heterocycles. The Morgan fingerprint density at radius 1 is 1.26 bits per heavy atom. The Morgan fingerprint density at radius 3 is 2.43 bits per heavy atom. The van der Waals surface area contributed by atoms with Crippen molar-refractivity contribution in [1.29, 1.82) is 0 Å². The molecule has 1 aromatic carbocycles. The van der Waals surface area contributed by atoms with E-state index in [1.54, 1.807) is 0 Å². The van der Waals surface area contributed by atoms with Gasteiger partial charge in [-0.2, -0.15) is 17.9 Å². The Labute approximate surface area is 198 Å². The number of fused-ring (bicyclic) bond motifs is 1. The molecule has 1 amide bonds. The summed E-state index contributed by atoms with van der Waals surface area (Å²) in [5.74, 6) is -0.267. The summed E-state index contributed by atoms with van der Waals surface area (Å²) in [4.78, 5) is 26.0. The van der Waals surface area contributed by atoms with Gasteiger partial charge >= 0.3 is 6.18 Å². The van der Waals surface area contributed by atoms with Crippen LogP contribution in [-0.2, 0) is 35.9 Å². The third-order valence-electron chi connectivity index (χ3n) is 5.64. The average Bonchev–Trinajstić information content (AvgIpc) is 2.71. The maximum atomic E-state index is 13.5. The summed E-state index contributed by atoms with van der Waals surface area (Å²) < 4.78 is 92.0. The smallest absolute Gasteiger partial charge is 0.365 e. The van der Waals surface area contributed by atoms with Crippen LogP contribution in [0.15, 0.2) is 21.9 Å². The molecule has 1 fully saturated rings. The number of hydrogen-bond acceptors (Lipinski definition) is 9. The number of carbonyl (C=O) groups excluding carboxylic acids is 1. The van der Waals surface area contributed by atoms with Gasteiger partial charge in [-0.25, -0.2) is 22.0 Å². The van der Waals surface area contributed by atoms with Crippen molar-refractivity contribution in [2.45, 2.75) is 53.7 Å². The van der Waals surface area contributed by atoms with Crippen molar-refractivity contribution in [1.82, 2.24) is 9.62 Å². The Kier molecular flexibility index (Phi) is 7.22. The molecule has 1 spiro atoms. The predicted molar refractivity (Wildman–Crippen MR) is 112 cm³/mol. The number of alkyl halides is 3. The molecule has 0 atom stereocenters. The summed E-state index contributed by atoms with van der Waals surface area (Å²) in [6, 6.07) is 0.775. The second-order valence-corrected chi connectivity index (χ2v) is 11.3. The Hall–Kier alpha value is -2.70. The zero-order valence-corrected chi connectivity index (χ0v) is 19.6. The highest BCUT2D eigenvalue weighted by atomic mass is 32.2. The normalized spacial score (nSPS) is 19.0. The minimum absolute atomic E-state index is 0.0140. The summed E-state index contributed by atoms with van der Waals surface area (Å²) in [5, 5.41) is 16.8. The molecule has 0 aromatic heterocycles. The van der Waals surface area contributed by atoms with Crippen molar-refractivity contribution in [2.75, 3.05) is 25.0 Å². The molecular weight excluding hydrogens is 523 g/mol. The molecule has 196 valence electrons. The Bertz CT molecular complexity index is 1230. The molecule has 0 saturated carbocycles. The number of rotatable bonds is 7. The number of nitrogens with two attached hydrogens (primary N) is 1. The third-order valence-corrected chi connectivity index (χ3v) is 8.17. The molecule has 4 N–H and O–H groups in total. The first-order chi connectivity index (χ1) is 16.0. The number of nitrogens with one attached hydrogen (secondary N) is 2. The highest BCUT2D eigenvalue weighted by Crippen LogP contribution is 2.42. The van der Waals surface area contributed by atoms with Crippen molar-refractivity contribution < 1.29 is 44.7 Å². The van der Waals surface area contributed by atoms with Crippen LogP contribution in [0.2, 0.25) is 0 Å². The first-order valence-corrected chi connectivity index (χ1v) is 13.2. The van der Waals surface area contributed by atoms with Crippen molar-refractivity contribution in [2.24, 2.45) is 5.14 Å². The minimum Gasteiger partial charge on any atom is -0.365 e. The topological polar surface area (TPSA) is 191 Å². The molecule has 1 saturated heterocycles. The lowest BCUT2D eigenvalue weighted by Gasteiger charge is -2.45. The molecule has 18 heteroatoms. The highest BCUT2D eigenvalue weighted by Gasteiger charge is 2.46. The van der Waals surface area contributed by atoms with Crippen LogP contribution < -0.4 is 15.2 Å². The second kappa shape index (κ2) is 9.40. The van der Waals surface area contributed by atoms with E-state index in [-0.39, 0.29) is 51.3 Å². The van der Waals surface area contributed by atoms with Crippen molar-refractivity contribution in [3.8, 4) is 0 Å². The van der Waals surface area contributed by atoms with E-state index in [1.165, 1.54) is 4.90 Å². The van der Waals surface area contributed by atoms with E-state index in [4.69, 9.17) is 5.14 Å². The largest absolute Gasteiger partial charge is 0.417 e. The predicted octanol–water partition coefficient (Wildman–Crippen LogP) is 0.754. The van der Waals surface area contributed by atoms with E-state index >= 15 is 0 Å². The number of carbonyl (C=O) groups is 1. The van der Waals surface area contributed by atoms with Crippen LogP contribution in [0.1, 0.15) is 37.7 Å². The number of unbranched alkanes of at least 4 members (excludes halogenated alkanes) is 1. The standard InChI is InChI=1S/C17H22F3N5O8S2/c18-17(19,20)11-9-12-14(10-13(11)34(21,29)30)35(31,32)23-16(22-12)4-6-24(7-5-16)15(26)3-1-2-8-33-25(27)28/h9-10,22-23H,1-8H2,(H2,21,29,30). The number of amides is 1. The molecule has 3 rings (SSSR count). The van der Waals surface area contributed by atoms with Gasteiger partial charge in [-0.15, -0.1) is 10.1 Å². The molecule has 2 aliphatic rings. The van der Waals surface area contributed by atoms with Gasteiger partial charge in [0.1, 0.15) is 10.6 Å². The summed E-state index contributed by atoms with van der Waals surface area (Å²) in [6.45, 7) is 0.00847. The lowest BCUT2D eigenvalue weighted by Crippen LogP contribution is -2.62. The first-order valence-electron chi connectivity index (χ1n) is 10.2. The number of hydrogen-bond donors (Lipinski definition) is 3. The highest BCUT2D eigenvalue weighted by molar-refractivity contribution is 7.90. The van der Waals surface area contributed by atoms with Crippen LogP contribution in [0.25, 0.3) is 0 Å². The van der Waals surface area contributed by atoms with Gasteiger partial charge in [-0.05, 0) is 25.0 Å². The number of halogens is 3.